The molecule has 0 bridgehead atoms. The summed E-state index contributed by atoms with van der Waals surface area (Å²) in [5.74, 6) is 0.629. The molecule has 0 fully saturated rings. The van der Waals surface area contributed by atoms with Crippen molar-refractivity contribution in [2.24, 2.45) is 0 Å². The van der Waals surface area contributed by atoms with E-state index in [0.717, 1.165) is 27.7 Å². The third-order valence-electron chi connectivity index (χ3n) is 5.59. The number of amides is 1. The Morgan fingerprint density at radius 3 is 2.54 bits per heavy atom. The first-order valence-electron chi connectivity index (χ1n) is 11.4. The van der Waals surface area contributed by atoms with Crippen LogP contribution in [0.15, 0.2) is 96.7 Å². The number of nitrogens with one attached hydrogen (secondary N) is 1. The van der Waals surface area contributed by atoms with Gasteiger partial charge in [0.25, 0.3) is 0 Å². The molecular weight excluding hydrogens is 525 g/mol. The van der Waals surface area contributed by atoms with Gasteiger partial charge in [-0.05, 0) is 30.3 Å². The fourth-order valence-electron chi connectivity index (χ4n) is 3.91. The van der Waals surface area contributed by atoms with E-state index in [0.29, 0.717) is 33.3 Å². The van der Waals surface area contributed by atoms with Gasteiger partial charge in [-0.1, -0.05) is 89.6 Å². The molecule has 1 amide bonds. The Morgan fingerprint density at radius 2 is 1.76 bits per heavy atom. The third kappa shape index (κ3) is 5.54. The molecule has 0 spiro atoms. The van der Waals surface area contributed by atoms with Crippen molar-refractivity contribution in [3.05, 3.63) is 102 Å². The minimum absolute atomic E-state index is 0.141. The Balaban J connectivity index is 1.46. The zero-order valence-electron chi connectivity index (χ0n) is 19.6. The topological polar surface area (TPSA) is 72.7 Å². The van der Waals surface area contributed by atoms with Gasteiger partial charge in [0.1, 0.15) is 0 Å². The van der Waals surface area contributed by atoms with Gasteiger partial charge in [0.15, 0.2) is 11.0 Å². The van der Waals surface area contributed by atoms with Crippen LogP contribution in [0.3, 0.4) is 0 Å². The molecule has 0 unspecified atom stereocenters. The molecule has 5 rings (SSSR count). The molecule has 5 aromatic rings. The first-order valence-corrected chi connectivity index (χ1v) is 13.1. The van der Waals surface area contributed by atoms with Crippen LogP contribution in [0, 0.1) is 0 Å². The molecule has 0 aliphatic carbocycles. The van der Waals surface area contributed by atoms with E-state index in [1.54, 1.807) is 24.3 Å². The number of fused-ring (bicyclic) bond motifs is 1. The zero-order valence-corrected chi connectivity index (χ0v) is 21.9. The molecular formula is C28H21Cl2N5OS. The lowest BCUT2D eigenvalue weighted by atomic mass is 10.0. The second-order valence-electron chi connectivity index (χ2n) is 8.11. The normalized spacial score (nSPS) is 11.0. The highest BCUT2D eigenvalue weighted by Gasteiger charge is 2.19. The van der Waals surface area contributed by atoms with Gasteiger partial charge in [-0.2, -0.15) is 0 Å². The predicted molar refractivity (Wildman–Crippen MR) is 152 cm³/mol. The maximum Gasteiger partial charge on any atom is 0.234 e. The molecule has 0 atom stereocenters. The number of benzene rings is 3. The number of allylic oxidation sites excluding steroid dienone is 1. The Labute approximate surface area is 228 Å². The molecule has 184 valence electrons. The molecule has 6 nitrogen and oxygen atoms in total. The Bertz CT molecular complexity index is 1600. The largest absolute Gasteiger partial charge is 0.325 e. The maximum absolute atomic E-state index is 12.6. The number of carbonyl (C=O) groups excluding carboxylic acids is 1. The van der Waals surface area contributed by atoms with Gasteiger partial charge in [-0.3, -0.25) is 9.36 Å². The summed E-state index contributed by atoms with van der Waals surface area (Å²) in [7, 11) is 0. The first kappa shape index (κ1) is 25.0. The monoisotopic (exact) mass is 545 g/mol. The fourth-order valence-corrected chi connectivity index (χ4v) is 4.95. The van der Waals surface area contributed by atoms with Crippen molar-refractivity contribution in [3.8, 4) is 22.6 Å². The van der Waals surface area contributed by atoms with E-state index in [-0.39, 0.29) is 11.7 Å². The summed E-state index contributed by atoms with van der Waals surface area (Å²) in [5, 5.41) is 14.2. The van der Waals surface area contributed by atoms with E-state index < -0.39 is 0 Å². The van der Waals surface area contributed by atoms with E-state index in [4.69, 9.17) is 28.2 Å². The van der Waals surface area contributed by atoms with Crippen LogP contribution in [0.25, 0.3) is 33.5 Å². The average molecular weight is 546 g/mol. The summed E-state index contributed by atoms with van der Waals surface area (Å²) < 4.78 is 1.96. The number of hydrogen-bond donors (Lipinski definition) is 1. The van der Waals surface area contributed by atoms with Crippen molar-refractivity contribution in [1.82, 2.24) is 19.7 Å². The third-order valence-corrected chi connectivity index (χ3v) is 7.30. The van der Waals surface area contributed by atoms with Crippen molar-refractivity contribution in [2.45, 2.75) is 11.7 Å². The van der Waals surface area contributed by atoms with Gasteiger partial charge in [0.2, 0.25) is 5.91 Å². The molecule has 2 aromatic heterocycles. The fraction of sp³-hybridized carbons (Fsp3) is 0.0714. The van der Waals surface area contributed by atoms with Crippen molar-refractivity contribution in [1.29, 1.82) is 0 Å². The number of para-hydroxylation sites is 1. The second-order valence-corrected chi connectivity index (χ2v) is 9.87. The SMILES string of the molecule is C=CCn1c(SCC(=O)Nc2ccc(Cl)c(Cl)c2)nnc1-c1cc(-c2ccccc2)nc2ccccc12. The van der Waals surface area contributed by atoms with Gasteiger partial charge in [-0.15, -0.1) is 16.8 Å². The van der Waals surface area contributed by atoms with Gasteiger partial charge >= 0.3 is 0 Å². The lowest BCUT2D eigenvalue weighted by molar-refractivity contribution is -0.113. The van der Waals surface area contributed by atoms with Crippen LogP contribution in [0.4, 0.5) is 5.69 Å². The highest BCUT2D eigenvalue weighted by atomic mass is 35.5. The number of aromatic nitrogens is 4. The van der Waals surface area contributed by atoms with Crippen LogP contribution in [0.5, 0.6) is 0 Å². The number of hydrogen-bond acceptors (Lipinski definition) is 5. The highest BCUT2D eigenvalue weighted by molar-refractivity contribution is 7.99. The molecule has 0 saturated carbocycles. The number of nitrogens with zero attached hydrogens (tertiary/aromatic N) is 4. The minimum Gasteiger partial charge on any atom is -0.325 e. The maximum atomic E-state index is 12.6. The zero-order chi connectivity index (χ0) is 25.8. The predicted octanol–water partition coefficient (Wildman–Crippen LogP) is 7.38. The van der Waals surface area contributed by atoms with Crippen LogP contribution in [0.1, 0.15) is 0 Å². The Hall–Kier alpha value is -3.65. The van der Waals surface area contributed by atoms with Gasteiger partial charge in [0, 0.05) is 28.7 Å². The Morgan fingerprint density at radius 1 is 0.973 bits per heavy atom. The van der Waals surface area contributed by atoms with E-state index in [9.17, 15) is 4.79 Å². The summed E-state index contributed by atoms with van der Waals surface area (Å²) in [6.07, 6.45) is 1.79. The van der Waals surface area contributed by atoms with E-state index in [1.807, 2.05) is 65.2 Å². The lowest BCUT2D eigenvalue weighted by Gasteiger charge is -2.12. The molecule has 0 saturated heterocycles. The van der Waals surface area contributed by atoms with Crippen LogP contribution in [-0.4, -0.2) is 31.4 Å². The summed E-state index contributed by atoms with van der Waals surface area (Å²) in [6, 6.07) is 25.0. The molecule has 37 heavy (non-hydrogen) atoms. The quantitative estimate of drug-likeness (QED) is 0.162. The van der Waals surface area contributed by atoms with Crippen LogP contribution < -0.4 is 5.32 Å². The van der Waals surface area contributed by atoms with E-state index in [2.05, 4.69) is 22.1 Å². The standard InChI is InChI=1S/C28H21Cl2N5OS/c1-2-14-35-27(33-34-28(35)37-17-26(36)31-19-12-13-22(29)23(30)15-19)21-16-25(18-8-4-3-5-9-18)32-24-11-7-6-10-20(21)24/h2-13,15-16H,1,14,17H2,(H,31,36). The Kier molecular flexibility index (Phi) is 7.55. The van der Waals surface area contributed by atoms with E-state index in [1.165, 1.54) is 11.8 Å². The van der Waals surface area contributed by atoms with Crippen LogP contribution >= 0.6 is 35.0 Å². The number of carbonyl (C=O) groups is 1. The molecule has 0 radical (unpaired) electrons. The van der Waals surface area contributed by atoms with Crippen molar-refractivity contribution in [2.75, 3.05) is 11.1 Å². The van der Waals surface area contributed by atoms with Crippen LogP contribution in [-0.2, 0) is 11.3 Å². The number of rotatable bonds is 8. The highest BCUT2D eigenvalue weighted by Crippen LogP contribution is 2.33. The van der Waals surface area contributed by atoms with E-state index >= 15 is 0 Å². The lowest BCUT2D eigenvalue weighted by Crippen LogP contribution is -2.14. The summed E-state index contributed by atoms with van der Waals surface area (Å²) >= 11 is 13.3. The smallest absolute Gasteiger partial charge is 0.234 e. The van der Waals surface area contributed by atoms with Crippen molar-refractivity contribution >= 4 is 57.5 Å². The van der Waals surface area contributed by atoms with Gasteiger partial charge < -0.3 is 5.32 Å². The van der Waals surface area contributed by atoms with Crippen molar-refractivity contribution in [3.63, 3.8) is 0 Å². The minimum atomic E-state index is -0.196. The number of thioether (sulfide) groups is 1. The number of anilines is 1. The van der Waals surface area contributed by atoms with Crippen molar-refractivity contribution < 1.29 is 4.79 Å². The molecule has 2 heterocycles. The molecule has 9 heteroatoms. The summed E-state index contributed by atoms with van der Waals surface area (Å²) in [5.41, 5.74) is 4.20. The summed E-state index contributed by atoms with van der Waals surface area (Å²) in [4.78, 5) is 17.5. The number of halogens is 2. The molecule has 1 N–H and O–H groups in total. The number of pyridine rings is 1. The average Bonchev–Trinajstić information content (AvgIpc) is 3.32. The summed E-state index contributed by atoms with van der Waals surface area (Å²) in [6.45, 7) is 4.39. The second kappa shape index (κ2) is 11.2. The molecule has 0 aliphatic heterocycles. The van der Waals surface area contributed by atoms with Crippen LogP contribution in [0.2, 0.25) is 10.0 Å². The molecule has 3 aromatic carbocycles. The van der Waals surface area contributed by atoms with Gasteiger partial charge in [-0.25, -0.2) is 4.98 Å². The molecule has 0 aliphatic rings. The first-order chi connectivity index (χ1) is 18.0. The van der Waals surface area contributed by atoms with Gasteiger partial charge in [0.05, 0.1) is 27.0 Å².